The first-order valence-electron chi connectivity index (χ1n) is 7.90. The van der Waals surface area contributed by atoms with Crippen LogP contribution < -0.4 is 10.2 Å². The number of rotatable bonds is 7. The molecule has 1 saturated heterocycles. The number of nitrogens with zero attached hydrogens (tertiary/aromatic N) is 5. The fourth-order valence-corrected chi connectivity index (χ4v) is 2.53. The summed E-state index contributed by atoms with van der Waals surface area (Å²) in [4.78, 5) is 23.4. The number of aliphatic hydroxyl groups is 1. The largest absolute Gasteiger partial charge is 0.395 e. The summed E-state index contributed by atoms with van der Waals surface area (Å²) in [6.07, 6.45) is 2.21. The molecule has 9 nitrogen and oxygen atoms in total. The number of β-amino-alcohol motifs (C(OH)–C–C–N with tert-alkyl or cyclic N) is 1. The summed E-state index contributed by atoms with van der Waals surface area (Å²) in [6.45, 7) is 7.48. The molecule has 1 aromatic rings. The molecule has 1 aromatic heterocycles. The van der Waals surface area contributed by atoms with Crippen LogP contribution in [0.15, 0.2) is 6.33 Å². The molecular formula is C14H24N6O3. The summed E-state index contributed by atoms with van der Waals surface area (Å²) in [5, 5.41) is 23.6. The second kappa shape index (κ2) is 8.02. The highest BCUT2D eigenvalue weighted by Crippen LogP contribution is 2.32. The van der Waals surface area contributed by atoms with Crippen LogP contribution in [0.3, 0.4) is 0 Å². The quantitative estimate of drug-likeness (QED) is 0.558. The third-order valence-electron chi connectivity index (χ3n) is 4.07. The zero-order chi connectivity index (χ0) is 16.8. The Kier molecular flexibility index (Phi) is 6.05. The first kappa shape index (κ1) is 17.4. The van der Waals surface area contributed by atoms with E-state index in [0.29, 0.717) is 25.5 Å². The Labute approximate surface area is 135 Å². The fourth-order valence-electron chi connectivity index (χ4n) is 2.53. The minimum absolute atomic E-state index is 0.0663. The van der Waals surface area contributed by atoms with E-state index >= 15 is 0 Å². The lowest BCUT2D eigenvalue weighted by atomic mass is 10.2. The highest BCUT2D eigenvalue weighted by atomic mass is 16.6. The predicted octanol–water partition coefficient (Wildman–Crippen LogP) is 0.709. The van der Waals surface area contributed by atoms with Gasteiger partial charge in [-0.05, 0) is 13.3 Å². The van der Waals surface area contributed by atoms with Crippen LogP contribution in [-0.4, -0.2) is 70.3 Å². The Morgan fingerprint density at radius 3 is 2.65 bits per heavy atom. The van der Waals surface area contributed by atoms with Gasteiger partial charge in [0.2, 0.25) is 11.6 Å². The third-order valence-corrected chi connectivity index (χ3v) is 4.07. The summed E-state index contributed by atoms with van der Waals surface area (Å²) < 4.78 is 0. The summed E-state index contributed by atoms with van der Waals surface area (Å²) in [6, 6.07) is 0.0952. The van der Waals surface area contributed by atoms with Crippen molar-refractivity contribution in [3.05, 3.63) is 16.4 Å². The van der Waals surface area contributed by atoms with Gasteiger partial charge in [0.1, 0.15) is 6.33 Å². The predicted molar refractivity (Wildman–Crippen MR) is 87.8 cm³/mol. The van der Waals surface area contributed by atoms with Crippen LogP contribution in [0.2, 0.25) is 0 Å². The zero-order valence-corrected chi connectivity index (χ0v) is 13.6. The molecule has 2 rings (SSSR count). The Balaban J connectivity index is 2.21. The molecule has 0 aliphatic carbocycles. The Hall–Kier alpha value is -2.00. The van der Waals surface area contributed by atoms with Crippen molar-refractivity contribution in [3.63, 3.8) is 0 Å². The van der Waals surface area contributed by atoms with E-state index < -0.39 is 4.92 Å². The molecule has 0 bridgehead atoms. The van der Waals surface area contributed by atoms with Gasteiger partial charge in [-0.1, -0.05) is 6.92 Å². The zero-order valence-electron chi connectivity index (χ0n) is 13.6. The smallest absolute Gasteiger partial charge is 0.353 e. The van der Waals surface area contributed by atoms with E-state index in [2.05, 4.69) is 20.2 Å². The van der Waals surface area contributed by atoms with Crippen LogP contribution in [0.1, 0.15) is 20.3 Å². The van der Waals surface area contributed by atoms with E-state index in [1.807, 2.05) is 18.7 Å². The lowest BCUT2D eigenvalue weighted by Crippen LogP contribution is -2.47. The average molecular weight is 324 g/mol. The topological polar surface area (TPSA) is 108 Å². The van der Waals surface area contributed by atoms with Crippen molar-refractivity contribution in [3.8, 4) is 0 Å². The van der Waals surface area contributed by atoms with Crippen molar-refractivity contribution < 1.29 is 10.0 Å². The first-order chi connectivity index (χ1) is 11.1. The number of piperazine rings is 1. The van der Waals surface area contributed by atoms with Crippen molar-refractivity contribution in [2.24, 2.45) is 0 Å². The molecule has 0 saturated carbocycles. The van der Waals surface area contributed by atoms with Crippen LogP contribution >= 0.6 is 0 Å². The maximum absolute atomic E-state index is 11.5. The summed E-state index contributed by atoms with van der Waals surface area (Å²) >= 11 is 0. The normalized spacial score (nSPS) is 17.1. The van der Waals surface area contributed by atoms with Gasteiger partial charge in [-0.25, -0.2) is 9.97 Å². The van der Waals surface area contributed by atoms with E-state index in [0.717, 1.165) is 19.5 Å². The second-order valence-electron chi connectivity index (χ2n) is 5.66. The van der Waals surface area contributed by atoms with Gasteiger partial charge in [0.25, 0.3) is 0 Å². The molecular weight excluding hydrogens is 300 g/mol. The number of nitro groups is 1. The molecule has 9 heteroatoms. The first-order valence-corrected chi connectivity index (χ1v) is 7.90. The van der Waals surface area contributed by atoms with Crippen LogP contribution in [0, 0.1) is 10.1 Å². The van der Waals surface area contributed by atoms with Gasteiger partial charge in [0, 0.05) is 38.8 Å². The maximum Gasteiger partial charge on any atom is 0.353 e. The maximum atomic E-state index is 11.5. The molecule has 0 spiro atoms. The average Bonchev–Trinajstić information content (AvgIpc) is 2.55. The number of nitrogens with one attached hydrogen (secondary N) is 1. The fraction of sp³-hybridized carbons (Fsp3) is 0.714. The van der Waals surface area contributed by atoms with Gasteiger partial charge in [0.05, 0.1) is 11.5 Å². The minimum Gasteiger partial charge on any atom is -0.395 e. The SMILES string of the molecule is CCC(C)Nc1ncnc(N2CCN(CCO)CC2)c1[N+](=O)[O-]. The van der Waals surface area contributed by atoms with E-state index in [-0.39, 0.29) is 24.2 Å². The number of aliphatic hydroxyl groups excluding tert-OH is 1. The summed E-state index contributed by atoms with van der Waals surface area (Å²) in [5.74, 6) is 0.631. The van der Waals surface area contributed by atoms with Crippen LogP contribution in [0.5, 0.6) is 0 Å². The number of aromatic nitrogens is 2. The molecule has 1 atom stereocenters. The molecule has 0 radical (unpaired) electrons. The van der Waals surface area contributed by atoms with Gasteiger partial charge in [-0.3, -0.25) is 15.0 Å². The molecule has 1 aliphatic heterocycles. The molecule has 1 unspecified atom stereocenters. The van der Waals surface area contributed by atoms with E-state index in [1.165, 1.54) is 6.33 Å². The van der Waals surface area contributed by atoms with Crippen molar-refractivity contribution in [2.75, 3.05) is 49.5 Å². The standard InChI is InChI=1S/C14H24N6O3/c1-3-11(2)17-13-12(20(22)23)14(16-10-15-13)19-6-4-18(5-7-19)8-9-21/h10-11,21H,3-9H2,1-2H3,(H,15,16,17). The molecule has 0 aromatic carbocycles. The highest BCUT2D eigenvalue weighted by molar-refractivity contribution is 5.70. The van der Waals surface area contributed by atoms with E-state index in [9.17, 15) is 10.1 Å². The van der Waals surface area contributed by atoms with Crippen molar-refractivity contribution in [1.82, 2.24) is 14.9 Å². The molecule has 1 fully saturated rings. The van der Waals surface area contributed by atoms with Crippen molar-refractivity contribution in [2.45, 2.75) is 26.3 Å². The van der Waals surface area contributed by atoms with Gasteiger partial charge in [-0.15, -0.1) is 0 Å². The summed E-state index contributed by atoms with van der Waals surface area (Å²) in [7, 11) is 0. The molecule has 23 heavy (non-hydrogen) atoms. The van der Waals surface area contributed by atoms with Gasteiger partial charge >= 0.3 is 5.69 Å². The number of hydrogen-bond donors (Lipinski definition) is 2. The Morgan fingerprint density at radius 1 is 1.39 bits per heavy atom. The van der Waals surface area contributed by atoms with E-state index in [4.69, 9.17) is 5.11 Å². The Bertz CT molecular complexity index is 533. The summed E-state index contributed by atoms with van der Waals surface area (Å²) in [5.41, 5.74) is -0.0663. The monoisotopic (exact) mass is 324 g/mol. The minimum atomic E-state index is -0.417. The number of hydrogen-bond acceptors (Lipinski definition) is 8. The van der Waals surface area contributed by atoms with Gasteiger partial charge in [-0.2, -0.15) is 0 Å². The van der Waals surface area contributed by atoms with Crippen LogP contribution in [-0.2, 0) is 0 Å². The molecule has 2 heterocycles. The van der Waals surface area contributed by atoms with E-state index in [1.54, 1.807) is 0 Å². The molecule has 2 N–H and O–H groups in total. The van der Waals surface area contributed by atoms with Gasteiger partial charge < -0.3 is 15.3 Å². The lowest BCUT2D eigenvalue weighted by Gasteiger charge is -2.34. The number of anilines is 2. The highest BCUT2D eigenvalue weighted by Gasteiger charge is 2.29. The van der Waals surface area contributed by atoms with Crippen LogP contribution in [0.25, 0.3) is 0 Å². The molecule has 0 amide bonds. The van der Waals surface area contributed by atoms with Crippen molar-refractivity contribution in [1.29, 1.82) is 0 Å². The second-order valence-corrected chi connectivity index (χ2v) is 5.66. The Morgan fingerprint density at radius 2 is 2.09 bits per heavy atom. The lowest BCUT2D eigenvalue weighted by molar-refractivity contribution is -0.383. The third kappa shape index (κ3) is 4.26. The van der Waals surface area contributed by atoms with Crippen molar-refractivity contribution >= 4 is 17.3 Å². The molecule has 1 aliphatic rings. The molecule has 128 valence electrons. The van der Waals surface area contributed by atoms with Crippen LogP contribution in [0.4, 0.5) is 17.3 Å². The van der Waals surface area contributed by atoms with Gasteiger partial charge in [0.15, 0.2) is 0 Å².